The molecule has 29 heavy (non-hydrogen) atoms. The van der Waals surface area contributed by atoms with Gasteiger partial charge in [-0.15, -0.1) is 0 Å². The fraction of sp³-hybridized carbons (Fsp3) is 0.810. The van der Waals surface area contributed by atoms with E-state index >= 15 is 0 Å². The highest BCUT2D eigenvalue weighted by Gasteiger charge is 2.48. The summed E-state index contributed by atoms with van der Waals surface area (Å²) in [4.78, 5) is 14.5. The average Bonchev–Trinajstić information content (AvgIpc) is 3.02. The lowest BCUT2D eigenvalue weighted by atomic mass is 9.82. The molecule has 1 N–H and O–H groups in total. The van der Waals surface area contributed by atoms with Crippen molar-refractivity contribution in [2.45, 2.75) is 85.0 Å². The second kappa shape index (κ2) is 7.20. The molecule has 164 valence electrons. The van der Waals surface area contributed by atoms with Crippen LogP contribution in [0.1, 0.15) is 78.5 Å². The number of alkyl halides is 3. The molecular formula is C21H33F3N4O. The summed E-state index contributed by atoms with van der Waals surface area (Å²) in [5.41, 5.74) is -0.138. The van der Waals surface area contributed by atoms with Crippen LogP contribution in [-0.4, -0.2) is 45.9 Å². The molecule has 1 fully saturated rings. The van der Waals surface area contributed by atoms with Crippen molar-refractivity contribution in [3.8, 4) is 0 Å². The number of hydrogen-bond acceptors (Lipinski definition) is 3. The van der Waals surface area contributed by atoms with Gasteiger partial charge in [0.25, 0.3) is 0 Å². The Balaban J connectivity index is 1.88. The Morgan fingerprint density at radius 2 is 1.83 bits per heavy atom. The van der Waals surface area contributed by atoms with E-state index in [0.717, 1.165) is 17.5 Å². The highest BCUT2D eigenvalue weighted by molar-refractivity contribution is 5.81. The van der Waals surface area contributed by atoms with Crippen molar-refractivity contribution in [3.05, 3.63) is 11.8 Å². The number of nitrogens with zero attached hydrogens (tertiary/aromatic N) is 3. The molecule has 0 aliphatic carbocycles. The fourth-order valence-corrected chi connectivity index (χ4v) is 4.24. The van der Waals surface area contributed by atoms with Gasteiger partial charge in [0.05, 0.1) is 5.69 Å². The standard InChI is InChI=1S/C21H33F3N4O/c1-19(2,3)15-11-16(21(22,23)24)28-17(25-15)10-14(26-28)13-8-7-9-27(12-13)18(29)20(4,5)6/h10,13,15-16,25H,7-9,11-12H2,1-6H3/t13-,15+,16-/m1/s1. The molecule has 1 saturated heterocycles. The Morgan fingerprint density at radius 3 is 2.38 bits per heavy atom. The monoisotopic (exact) mass is 414 g/mol. The fourth-order valence-electron chi connectivity index (χ4n) is 4.24. The topological polar surface area (TPSA) is 50.2 Å². The number of halogens is 3. The molecule has 3 rings (SSSR count). The van der Waals surface area contributed by atoms with Crippen LogP contribution in [0.15, 0.2) is 6.07 Å². The predicted molar refractivity (Wildman–Crippen MR) is 107 cm³/mol. The molecule has 0 aromatic carbocycles. The summed E-state index contributed by atoms with van der Waals surface area (Å²) < 4.78 is 42.5. The molecule has 0 unspecified atom stereocenters. The van der Waals surface area contributed by atoms with Crippen LogP contribution in [0.2, 0.25) is 0 Å². The molecule has 1 aromatic rings. The van der Waals surface area contributed by atoms with Crippen molar-refractivity contribution < 1.29 is 18.0 Å². The summed E-state index contributed by atoms with van der Waals surface area (Å²) in [6.45, 7) is 12.7. The molecule has 1 amide bonds. The van der Waals surface area contributed by atoms with E-state index in [2.05, 4.69) is 10.4 Å². The number of aromatic nitrogens is 2. The second-order valence-corrected chi connectivity index (χ2v) is 10.6. The van der Waals surface area contributed by atoms with Gasteiger partial charge in [-0.2, -0.15) is 18.3 Å². The maximum Gasteiger partial charge on any atom is 0.410 e. The van der Waals surface area contributed by atoms with Gasteiger partial charge in [0, 0.05) is 36.5 Å². The first-order valence-electron chi connectivity index (χ1n) is 10.4. The summed E-state index contributed by atoms with van der Waals surface area (Å²) in [7, 11) is 0. The summed E-state index contributed by atoms with van der Waals surface area (Å²) in [6.07, 6.45) is -2.75. The van der Waals surface area contributed by atoms with E-state index in [-0.39, 0.29) is 29.7 Å². The number of rotatable bonds is 1. The molecule has 2 aliphatic heterocycles. The molecule has 8 heteroatoms. The van der Waals surface area contributed by atoms with E-state index in [4.69, 9.17) is 0 Å². The van der Waals surface area contributed by atoms with Crippen LogP contribution in [0.5, 0.6) is 0 Å². The zero-order valence-corrected chi connectivity index (χ0v) is 18.2. The van der Waals surface area contributed by atoms with E-state index in [1.807, 2.05) is 46.4 Å². The van der Waals surface area contributed by atoms with Crippen LogP contribution in [-0.2, 0) is 4.79 Å². The van der Waals surface area contributed by atoms with Crippen molar-refractivity contribution in [3.63, 3.8) is 0 Å². The first kappa shape index (κ1) is 22.0. The highest BCUT2D eigenvalue weighted by atomic mass is 19.4. The van der Waals surface area contributed by atoms with E-state index in [0.29, 0.717) is 24.6 Å². The molecule has 5 nitrogen and oxygen atoms in total. The maximum atomic E-state index is 13.8. The van der Waals surface area contributed by atoms with Gasteiger partial charge in [0.2, 0.25) is 5.91 Å². The van der Waals surface area contributed by atoms with Crippen molar-refractivity contribution in [1.82, 2.24) is 14.7 Å². The van der Waals surface area contributed by atoms with Crippen molar-refractivity contribution in [1.29, 1.82) is 0 Å². The van der Waals surface area contributed by atoms with Gasteiger partial charge < -0.3 is 10.2 Å². The van der Waals surface area contributed by atoms with Gasteiger partial charge in [-0.05, 0) is 24.7 Å². The maximum absolute atomic E-state index is 13.8. The SMILES string of the molecule is CC(C)(C)C(=O)N1CCC[C@@H](c2cc3n(n2)[C@@H](C(F)(F)F)C[C@@H](C(C)(C)C)N3)C1. The van der Waals surface area contributed by atoms with Crippen molar-refractivity contribution >= 4 is 11.7 Å². The number of carbonyl (C=O) groups is 1. The average molecular weight is 415 g/mol. The first-order valence-corrected chi connectivity index (χ1v) is 10.4. The molecule has 3 heterocycles. The third kappa shape index (κ3) is 4.56. The third-order valence-corrected chi connectivity index (χ3v) is 6.02. The predicted octanol–water partition coefficient (Wildman–Crippen LogP) is 4.97. The number of likely N-dealkylation sites (tertiary alicyclic amines) is 1. The van der Waals surface area contributed by atoms with Crippen LogP contribution in [0.4, 0.5) is 19.0 Å². The van der Waals surface area contributed by atoms with E-state index in [9.17, 15) is 18.0 Å². The second-order valence-electron chi connectivity index (χ2n) is 10.6. The van der Waals surface area contributed by atoms with E-state index in [1.54, 1.807) is 6.07 Å². The Bertz CT molecular complexity index is 757. The number of hydrogen-bond donors (Lipinski definition) is 1. The number of anilines is 1. The molecule has 0 saturated carbocycles. The number of carbonyl (C=O) groups excluding carboxylic acids is 1. The molecule has 0 radical (unpaired) electrons. The lowest BCUT2D eigenvalue weighted by Crippen LogP contribution is -2.45. The van der Waals surface area contributed by atoms with Crippen LogP contribution in [0.25, 0.3) is 0 Å². The Kier molecular flexibility index (Phi) is 5.45. The largest absolute Gasteiger partial charge is 0.410 e. The van der Waals surface area contributed by atoms with Gasteiger partial charge in [-0.25, -0.2) is 4.68 Å². The summed E-state index contributed by atoms with van der Waals surface area (Å²) in [5.74, 6) is 0.454. The molecule has 0 spiro atoms. The number of fused-ring (bicyclic) bond motifs is 1. The van der Waals surface area contributed by atoms with Gasteiger partial charge in [0.1, 0.15) is 5.82 Å². The van der Waals surface area contributed by atoms with Crippen LogP contribution < -0.4 is 5.32 Å². The first-order chi connectivity index (χ1) is 13.2. The van der Waals surface area contributed by atoms with Crippen molar-refractivity contribution in [2.75, 3.05) is 18.4 Å². The third-order valence-electron chi connectivity index (χ3n) is 6.02. The summed E-state index contributed by atoms with van der Waals surface area (Å²) in [6, 6.07) is -0.170. The smallest absolute Gasteiger partial charge is 0.367 e. The number of nitrogens with one attached hydrogen (secondary N) is 1. The normalized spacial score (nSPS) is 26.1. The molecule has 1 aromatic heterocycles. The zero-order valence-electron chi connectivity index (χ0n) is 18.2. The lowest BCUT2D eigenvalue weighted by molar-refractivity contribution is -0.175. The number of piperidine rings is 1. The quantitative estimate of drug-likeness (QED) is 0.706. The van der Waals surface area contributed by atoms with E-state index in [1.165, 1.54) is 0 Å². The van der Waals surface area contributed by atoms with Gasteiger partial charge >= 0.3 is 6.18 Å². The Labute approximate surface area is 171 Å². The minimum Gasteiger partial charge on any atom is -0.367 e. The molecule has 2 aliphatic rings. The van der Waals surface area contributed by atoms with Crippen LogP contribution >= 0.6 is 0 Å². The molecule has 3 atom stereocenters. The summed E-state index contributed by atoms with van der Waals surface area (Å²) >= 11 is 0. The zero-order chi connectivity index (χ0) is 21.8. The summed E-state index contributed by atoms with van der Waals surface area (Å²) in [5, 5.41) is 7.67. The van der Waals surface area contributed by atoms with Crippen LogP contribution in [0, 0.1) is 10.8 Å². The Hall–Kier alpha value is -1.73. The lowest BCUT2D eigenvalue weighted by Gasteiger charge is -2.39. The van der Waals surface area contributed by atoms with Gasteiger partial charge in [-0.1, -0.05) is 41.5 Å². The number of amides is 1. The van der Waals surface area contributed by atoms with E-state index < -0.39 is 17.6 Å². The van der Waals surface area contributed by atoms with Gasteiger partial charge in [0.15, 0.2) is 6.04 Å². The van der Waals surface area contributed by atoms with Crippen molar-refractivity contribution in [2.24, 2.45) is 10.8 Å². The van der Waals surface area contributed by atoms with Crippen LogP contribution in [0.3, 0.4) is 0 Å². The Morgan fingerprint density at radius 1 is 1.17 bits per heavy atom. The van der Waals surface area contributed by atoms with Gasteiger partial charge in [-0.3, -0.25) is 4.79 Å². The highest BCUT2D eigenvalue weighted by Crippen LogP contribution is 2.44. The minimum atomic E-state index is -4.36. The molecule has 0 bridgehead atoms. The minimum absolute atomic E-state index is 0.0412. The molecular weight excluding hydrogens is 381 g/mol.